The van der Waals surface area contributed by atoms with Crippen molar-refractivity contribution < 1.29 is 29.0 Å². The molecule has 0 saturated heterocycles. The van der Waals surface area contributed by atoms with E-state index in [9.17, 15) is 14.3 Å². The maximum absolute atomic E-state index is 14.7. The molecule has 35 heavy (non-hydrogen) atoms. The first-order valence-electron chi connectivity index (χ1n) is 12.2. The lowest BCUT2D eigenvalue weighted by Crippen LogP contribution is -2.42. The van der Waals surface area contributed by atoms with Gasteiger partial charge in [-0.3, -0.25) is 14.9 Å². The number of nitrogens with zero attached hydrogens (tertiary/aromatic N) is 1. The first-order chi connectivity index (χ1) is 16.7. The summed E-state index contributed by atoms with van der Waals surface area (Å²) in [4.78, 5) is 13.2. The van der Waals surface area contributed by atoms with Crippen LogP contribution in [0.4, 0.5) is 4.39 Å². The van der Waals surface area contributed by atoms with Gasteiger partial charge in [0.25, 0.3) is 0 Å². The topological polar surface area (TPSA) is 91.3 Å². The minimum absolute atomic E-state index is 0.200. The summed E-state index contributed by atoms with van der Waals surface area (Å²) in [6.45, 7) is 4.68. The van der Waals surface area contributed by atoms with Crippen LogP contribution in [0, 0.1) is 0 Å². The number of benzene rings is 2. The van der Waals surface area contributed by atoms with Crippen molar-refractivity contribution in [1.82, 2.24) is 10.4 Å². The second-order valence-electron chi connectivity index (χ2n) is 9.68. The highest BCUT2D eigenvalue weighted by molar-refractivity contribution is 5.74. The van der Waals surface area contributed by atoms with Crippen molar-refractivity contribution in [3.05, 3.63) is 53.1 Å². The van der Waals surface area contributed by atoms with Gasteiger partial charge in [-0.05, 0) is 68.5 Å². The molecule has 1 atom stereocenters. The van der Waals surface area contributed by atoms with Gasteiger partial charge in [-0.1, -0.05) is 18.9 Å². The van der Waals surface area contributed by atoms with Crippen LogP contribution in [0.3, 0.4) is 0 Å². The minimum atomic E-state index is -1.36. The molecule has 8 heteroatoms. The van der Waals surface area contributed by atoms with Crippen LogP contribution in [0.1, 0.15) is 68.7 Å². The molecule has 1 aliphatic rings. The van der Waals surface area contributed by atoms with Crippen LogP contribution < -0.4 is 15.0 Å². The molecule has 1 amide bonds. The fraction of sp³-hybridized carbons (Fsp3) is 0.519. The Bertz CT molecular complexity index is 992. The molecule has 192 valence electrons. The largest absolute Gasteiger partial charge is 0.508 e. The molecule has 7 nitrogen and oxygen atoms in total. The number of methoxy groups -OCH3 is 1. The summed E-state index contributed by atoms with van der Waals surface area (Å²) in [5.41, 5.74) is 3.31. The maximum Gasteiger partial charge on any atom is 0.243 e. The Balaban J connectivity index is 1.72. The molecule has 0 aliphatic carbocycles. The van der Waals surface area contributed by atoms with Gasteiger partial charge >= 0.3 is 0 Å². The van der Waals surface area contributed by atoms with E-state index in [-0.39, 0.29) is 24.2 Å². The number of fused-ring (bicyclic) bond motifs is 1. The molecular weight excluding hydrogens is 451 g/mol. The highest BCUT2D eigenvalue weighted by atomic mass is 19.1. The Morgan fingerprint density at radius 1 is 1.14 bits per heavy atom. The van der Waals surface area contributed by atoms with Crippen molar-refractivity contribution >= 4 is 5.91 Å². The summed E-state index contributed by atoms with van der Waals surface area (Å²) < 4.78 is 26.4. The van der Waals surface area contributed by atoms with Gasteiger partial charge in [0, 0.05) is 31.1 Å². The van der Waals surface area contributed by atoms with Crippen molar-refractivity contribution in [3.63, 3.8) is 0 Å². The molecule has 0 bridgehead atoms. The van der Waals surface area contributed by atoms with E-state index in [0.717, 1.165) is 48.8 Å². The Labute approximate surface area is 206 Å². The Morgan fingerprint density at radius 3 is 2.60 bits per heavy atom. The third-order valence-electron chi connectivity index (χ3n) is 6.22. The van der Waals surface area contributed by atoms with E-state index in [2.05, 4.69) is 4.90 Å². The lowest BCUT2D eigenvalue weighted by atomic mass is 9.86. The molecule has 0 aromatic heterocycles. The fourth-order valence-electron chi connectivity index (χ4n) is 4.68. The highest BCUT2D eigenvalue weighted by Gasteiger charge is 2.34. The Hall–Kier alpha value is -2.84. The average Bonchev–Trinajstić information content (AvgIpc) is 2.82. The molecule has 3 N–H and O–H groups in total. The fourth-order valence-corrected chi connectivity index (χ4v) is 4.68. The van der Waals surface area contributed by atoms with Crippen LogP contribution in [-0.4, -0.2) is 53.6 Å². The lowest BCUT2D eigenvalue weighted by Gasteiger charge is -2.40. The molecule has 0 fully saturated rings. The number of hydroxylamine groups is 1. The molecule has 1 unspecified atom stereocenters. The van der Waals surface area contributed by atoms with Gasteiger partial charge in [-0.25, -0.2) is 9.87 Å². The number of carbonyl (C=O) groups is 1. The Morgan fingerprint density at radius 2 is 1.89 bits per heavy atom. The van der Waals surface area contributed by atoms with Crippen LogP contribution in [-0.2, 0) is 11.2 Å². The number of phenols is 1. The van der Waals surface area contributed by atoms with Gasteiger partial charge in [-0.15, -0.1) is 0 Å². The number of ether oxygens (including phenoxy) is 2. The quantitative estimate of drug-likeness (QED) is 0.223. The molecule has 0 saturated carbocycles. The number of unbranched alkanes of at least 4 members (excludes halogenated alkanes) is 3. The van der Waals surface area contributed by atoms with Crippen molar-refractivity contribution in [2.45, 2.75) is 64.1 Å². The van der Waals surface area contributed by atoms with Gasteiger partial charge in [0.15, 0.2) is 0 Å². The van der Waals surface area contributed by atoms with Crippen LogP contribution in [0.15, 0.2) is 36.4 Å². The standard InChI is InChI=1S/C27H37FN2O5/c1-27(2,28)18-30-14-13-19-16-20(31)9-11-22(19)26(30)23-12-10-21(17-24(23)34-3)35-15-7-5-4-6-8-25(32)29-33/h9-12,16-17,26,31,33H,4-8,13-15,18H2,1-3H3,(H,29,32). The number of phenolic OH excluding ortho intramolecular Hbond substituents is 1. The van der Waals surface area contributed by atoms with E-state index in [1.54, 1.807) is 38.6 Å². The summed E-state index contributed by atoms with van der Waals surface area (Å²) in [5.74, 6) is 1.24. The minimum Gasteiger partial charge on any atom is -0.508 e. The molecule has 0 radical (unpaired) electrons. The lowest BCUT2D eigenvalue weighted by molar-refractivity contribution is -0.129. The molecule has 3 rings (SSSR count). The number of carbonyl (C=O) groups excluding carboxylic acids is 1. The number of hydrogen-bond acceptors (Lipinski definition) is 6. The van der Waals surface area contributed by atoms with Crippen LogP contribution in [0.2, 0.25) is 0 Å². The third kappa shape index (κ3) is 7.57. The van der Waals surface area contributed by atoms with E-state index < -0.39 is 5.67 Å². The molecular formula is C27H37FN2O5. The number of aromatic hydroxyl groups is 1. The van der Waals surface area contributed by atoms with Crippen LogP contribution in [0.25, 0.3) is 0 Å². The number of nitrogens with one attached hydrogen (secondary N) is 1. The molecule has 1 aliphatic heterocycles. The zero-order chi connectivity index (χ0) is 25.4. The summed E-state index contributed by atoms with van der Waals surface area (Å²) >= 11 is 0. The van der Waals surface area contributed by atoms with Crippen LogP contribution >= 0.6 is 0 Å². The Kier molecular flexibility index (Phi) is 9.34. The molecule has 0 spiro atoms. The highest BCUT2D eigenvalue weighted by Crippen LogP contribution is 2.42. The van der Waals surface area contributed by atoms with Crippen molar-refractivity contribution in [3.8, 4) is 17.2 Å². The normalized spacial score (nSPS) is 16.0. The number of amides is 1. The monoisotopic (exact) mass is 488 g/mol. The van der Waals surface area contributed by atoms with Crippen LogP contribution in [0.5, 0.6) is 17.2 Å². The summed E-state index contributed by atoms with van der Waals surface area (Å²) in [6, 6.07) is 10.9. The van der Waals surface area contributed by atoms with Crippen molar-refractivity contribution in [1.29, 1.82) is 0 Å². The van der Waals surface area contributed by atoms with E-state index in [0.29, 0.717) is 31.1 Å². The number of rotatable bonds is 12. The van der Waals surface area contributed by atoms with E-state index in [1.807, 2.05) is 24.3 Å². The van der Waals surface area contributed by atoms with Gasteiger partial charge in [0.05, 0.1) is 19.8 Å². The number of halogens is 1. The summed E-state index contributed by atoms with van der Waals surface area (Å²) in [7, 11) is 1.62. The van der Waals surface area contributed by atoms with E-state index in [1.165, 1.54) is 0 Å². The van der Waals surface area contributed by atoms with Gasteiger partial charge in [0.1, 0.15) is 22.9 Å². The SMILES string of the molecule is COc1cc(OCCCCCCC(=O)NO)ccc1C1c2ccc(O)cc2CCN1CC(C)(C)F. The molecule has 1 heterocycles. The number of hydrogen-bond donors (Lipinski definition) is 3. The smallest absolute Gasteiger partial charge is 0.243 e. The first kappa shape index (κ1) is 26.8. The van der Waals surface area contributed by atoms with E-state index >= 15 is 0 Å². The average molecular weight is 489 g/mol. The summed E-state index contributed by atoms with van der Waals surface area (Å²) in [6.07, 6.45) is 4.44. The van der Waals surface area contributed by atoms with Gasteiger partial charge < -0.3 is 14.6 Å². The van der Waals surface area contributed by atoms with E-state index in [4.69, 9.17) is 14.7 Å². The second kappa shape index (κ2) is 12.2. The van der Waals surface area contributed by atoms with Crippen molar-refractivity contribution in [2.24, 2.45) is 0 Å². The molecule has 2 aromatic rings. The predicted molar refractivity (Wildman–Crippen MR) is 132 cm³/mol. The van der Waals surface area contributed by atoms with Gasteiger partial charge in [0.2, 0.25) is 5.91 Å². The predicted octanol–water partition coefficient (Wildman–Crippen LogP) is 4.93. The maximum atomic E-state index is 14.7. The zero-order valence-electron chi connectivity index (χ0n) is 20.8. The van der Waals surface area contributed by atoms with Gasteiger partial charge in [-0.2, -0.15) is 0 Å². The van der Waals surface area contributed by atoms with Crippen molar-refractivity contribution in [2.75, 3.05) is 26.8 Å². The molecule has 2 aromatic carbocycles. The zero-order valence-corrected chi connectivity index (χ0v) is 20.8. The number of alkyl halides is 1. The second-order valence-corrected chi connectivity index (χ2v) is 9.68. The first-order valence-corrected chi connectivity index (χ1v) is 12.2. The third-order valence-corrected chi connectivity index (χ3v) is 6.22. The summed E-state index contributed by atoms with van der Waals surface area (Å²) in [5, 5.41) is 18.5.